The van der Waals surface area contributed by atoms with Gasteiger partial charge in [0.15, 0.2) is 5.82 Å². The van der Waals surface area contributed by atoms with E-state index < -0.39 is 0 Å². The average molecular weight is 258 g/mol. The predicted molar refractivity (Wildman–Crippen MR) is 70.6 cm³/mol. The maximum atomic E-state index is 5.48. The number of nitrogens with zero attached hydrogens (tertiary/aromatic N) is 5. The summed E-state index contributed by atoms with van der Waals surface area (Å²) in [6, 6.07) is 3.86. The molecule has 98 valence electrons. The fourth-order valence-corrected chi connectivity index (χ4v) is 1.89. The molecule has 3 aromatic heterocycles. The molecular weight excluding hydrogens is 244 g/mol. The van der Waals surface area contributed by atoms with Crippen LogP contribution in [0.15, 0.2) is 30.9 Å². The third kappa shape index (κ3) is 2.10. The van der Waals surface area contributed by atoms with Crippen LogP contribution < -0.4 is 10.1 Å². The van der Waals surface area contributed by atoms with Gasteiger partial charge < -0.3 is 10.1 Å². The van der Waals surface area contributed by atoms with E-state index in [0.29, 0.717) is 18.3 Å². The van der Waals surface area contributed by atoms with Gasteiger partial charge in [-0.25, -0.2) is 9.50 Å². The molecule has 0 atom stereocenters. The zero-order chi connectivity index (χ0) is 13.2. The van der Waals surface area contributed by atoms with Gasteiger partial charge in [-0.05, 0) is 19.1 Å². The van der Waals surface area contributed by atoms with Crippen LogP contribution in [0.25, 0.3) is 5.52 Å². The molecule has 0 spiro atoms. The fourth-order valence-electron chi connectivity index (χ4n) is 1.89. The molecule has 3 aromatic rings. The molecule has 0 aliphatic carbocycles. The summed E-state index contributed by atoms with van der Waals surface area (Å²) in [5.41, 5.74) is 1.68. The maximum absolute atomic E-state index is 5.48. The van der Waals surface area contributed by atoms with Crippen LogP contribution >= 0.6 is 0 Å². The highest BCUT2D eigenvalue weighted by atomic mass is 16.5. The largest absolute Gasteiger partial charge is 0.475 e. The van der Waals surface area contributed by atoms with Crippen LogP contribution in [-0.4, -0.2) is 31.0 Å². The van der Waals surface area contributed by atoms with Crippen LogP contribution in [0.1, 0.15) is 6.92 Å². The number of aryl methyl sites for hydroxylation is 1. The van der Waals surface area contributed by atoms with E-state index in [0.717, 1.165) is 11.2 Å². The van der Waals surface area contributed by atoms with Crippen molar-refractivity contribution >= 4 is 17.0 Å². The molecule has 0 fully saturated rings. The Morgan fingerprint density at radius 1 is 1.42 bits per heavy atom. The van der Waals surface area contributed by atoms with Gasteiger partial charge in [0.2, 0.25) is 0 Å². The fraction of sp³-hybridized carbons (Fsp3) is 0.250. The Morgan fingerprint density at radius 3 is 3.16 bits per heavy atom. The number of ether oxygens (including phenoxy) is 1. The van der Waals surface area contributed by atoms with Crippen LogP contribution in [0.5, 0.6) is 5.88 Å². The van der Waals surface area contributed by atoms with Crippen molar-refractivity contribution in [2.75, 3.05) is 11.9 Å². The summed E-state index contributed by atoms with van der Waals surface area (Å²) in [5.74, 6) is 1.28. The Balaban J connectivity index is 1.98. The summed E-state index contributed by atoms with van der Waals surface area (Å²) in [6.07, 6.45) is 5.23. The lowest BCUT2D eigenvalue weighted by molar-refractivity contribution is 0.324. The lowest BCUT2D eigenvalue weighted by Gasteiger charge is -2.06. The van der Waals surface area contributed by atoms with Gasteiger partial charge in [0.25, 0.3) is 5.88 Å². The van der Waals surface area contributed by atoms with Crippen LogP contribution in [0.2, 0.25) is 0 Å². The van der Waals surface area contributed by atoms with Crippen LogP contribution in [0, 0.1) is 0 Å². The lowest BCUT2D eigenvalue weighted by atomic mass is 10.4. The van der Waals surface area contributed by atoms with Gasteiger partial charge >= 0.3 is 0 Å². The van der Waals surface area contributed by atoms with Crippen molar-refractivity contribution in [3.05, 3.63) is 30.9 Å². The van der Waals surface area contributed by atoms with E-state index in [-0.39, 0.29) is 0 Å². The van der Waals surface area contributed by atoms with Gasteiger partial charge in [0, 0.05) is 13.2 Å². The number of hydrogen-bond acceptors (Lipinski definition) is 5. The molecule has 1 N–H and O–H groups in total. The molecule has 7 heteroatoms. The molecule has 0 radical (unpaired) electrons. The van der Waals surface area contributed by atoms with Crippen LogP contribution in [0.3, 0.4) is 0 Å². The van der Waals surface area contributed by atoms with Crippen molar-refractivity contribution in [1.29, 1.82) is 0 Å². The maximum Gasteiger partial charge on any atom is 0.256 e. The molecule has 0 unspecified atom stereocenters. The van der Waals surface area contributed by atoms with E-state index >= 15 is 0 Å². The zero-order valence-electron chi connectivity index (χ0n) is 10.7. The summed E-state index contributed by atoms with van der Waals surface area (Å²) < 4.78 is 8.93. The first kappa shape index (κ1) is 11.5. The summed E-state index contributed by atoms with van der Waals surface area (Å²) in [4.78, 5) is 4.25. The molecule has 3 rings (SSSR count). The molecule has 7 nitrogen and oxygen atoms in total. The van der Waals surface area contributed by atoms with E-state index in [2.05, 4.69) is 20.5 Å². The first-order chi connectivity index (χ1) is 9.28. The van der Waals surface area contributed by atoms with Crippen molar-refractivity contribution in [2.24, 2.45) is 7.05 Å². The number of hydrogen-bond donors (Lipinski definition) is 1. The van der Waals surface area contributed by atoms with Crippen molar-refractivity contribution in [3.63, 3.8) is 0 Å². The smallest absolute Gasteiger partial charge is 0.256 e. The molecule has 3 heterocycles. The van der Waals surface area contributed by atoms with Crippen LogP contribution in [0.4, 0.5) is 11.5 Å². The molecule has 0 aliphatic heterocycles. The summed E-state index contributed by atoms with van der Waals surface area (Å²) in [6.45, 7) is 2.49. The average Bonchev–Trinajstić information content (AvgIpc) is 2.98. The number of fused-ring (bicyclic) bond motifs is 1. The SMILES string of the molecule is CCOc1nn(C)cc1Nc1ncnn2cccc12. The Kier molecular flexibility index (Phi) is 2.79. The van der Waals surface area contributed by atoms with Crippen molar-refractivity contribution in [2.45, 2.75) is 6.92 Å². The van der Waals surface area contributed by atoms with Gasteiger partial charge in [-0.1, -0.05) is 0 Å². The quantitative estimate of drug-likeness (QED) is 0.769. The Morgan fingerprint density at radius 2 is 2.32 bits per heavy atom. The molecule has 0 amide bonds. The van der Waals surface area contributed by atoms with Crippen LogP contribution in [-0.2, 0) is 7.05 Å². The van der Waals surface area contributed by atoms with Gasteiger partial charge in [-0.15, -0.1) is 5.10 Å². The highest BCUT2D eigenvalue weighted by Crippen LogP contribution is 2.26. The van der Waals surface area contributed by atoms with Gasteiger partial charge in [0.1, 0.15) is 17.5 Å². The second-order valence-electron chi connectivity index (χ2n) is 4.03. The van der Waals surface area contributed by atoms with E-state index in [1.807, 2.05) is 38.5 Å². The monoisotopic (exact) mass is 258 g/mol. The summed E-state index contributed by atoms with van der Waals surface area (Å²) in [7, 11) is 1.85. The van der Waals surface area contributed by atoms with Crippen molar-refractivity contribution < 1.29 is 4.74 Å². The molecular formula is C12H14N6O. The molecule has 0 bridgehead atoms. The number of rotatable bonds is 4. The van der Waals surface area contributed by atoms with Crippen molar-refractivity contribution in [1.82, 2.24) is 24.4 Å². The topological polar surface area (TPSA) is 69.3 Å². The highest BCUT2D eigenvalue weighted by molar-refractivity contribution is 5.74. The van der Waals surface area contributed by atoms with Gasteiger partial charge in [-0.3, -0.25) is 4.68 Å². The van der Waals surface area contributed by atoms with E-state index in [1.54, 1.807) is 9.20 Å². The zero-order valence-corrected chi connectivity index (χ0v) is 10.7. The minimum atomic E-state index is 0.563. The minimum absolute atomic E-state index is 0.563. The normalized spacial score (nSPS) is 10.8. The van der Waals surface area contributed by atoms with Crippen molar-refractivity contribution in [3.8, 4) is 5.88 Å². The second-order valence-corrected chi connectivity index (χ2v) is 4.03. The van der Waals surface area contributed by atoms with E-state index in [4.69, 9.17) is 4.74 Å². The molecule has 0 aromatic carbocycles. The summed E-state index contributed by atoms with van der Waals surface area (Å²) in [5, 5.41) is 11.6. The summed E-state index contributed by atoms with van der Waals surface area (Å²) >= 11 is 0. The highest BCUT2D eigenvalue weighted by Gasteiger charge is 2.11. The Labute approximate surface area is 109 Å². The Bertz CT molecular complexity index is 701. The van der Waals surface area contributed by atoms with Gasteiger partial charge in [-0.2, -0.15) is 5.10 Å². The van der Waals surface area contributed by atoms with E-state index in [1.165, 1.54) is 6.33 Å². The molecule has 0 saturated heterocycles. The predicted octanol–water partition coefficient (Wildman–Crippen LogP) is 1.61. The molecule has 0 saturated carbocycles. The third-order valence-electron chi connectivity index (χ3n) is 2.66. The molecule has 0 aliphatic rings. The third-order valence-corrected chi connectivity index (χ3v) is 2.66. The number of anilines is 2. The molecule has 19 heavy (non-hydrogen) atoms. The Hall–Kier alpha value is -2.57. The number of aromatic nitrogens is 5. The van der Waals surface area contributed by atoms with E-state index in [9.17, 15) is 0 Å². The second kappa shape index (κ2) is 4.60. The standard InChI is InChI=1S/C12H14N6O/c1-3-19-12-9(7-17(2)16-12)15-11-10-5-4-6-18(10)14-8-13-11/h4-8H,3H2,1-2H3,(H,13,14,15). The minimum Gasteiger partial charge on any atom is -0.475 e. The van der Waals surface area contributed by atoms with Gasteiger partial charge in [0.05, 0.1) is 12.8 Å². The lowest BCUT2D eigenvalue weighted by Crippen LogP contribution is -2.01. The first-order valence-corrected chi connectivity index (χ1v) is 5.99. The number of nitrogens with one attached hydrogen (secondary N) is 1. The first-order valence-electron chi connectivity index (χ1n) is 5.99.